The van der Waals surface area contributed by atoms with Crippen LogP contribution >= 0.6 is 0 Å². The molecule has 0 fully saturated rings. The van der Waals surface area contributed by atoms with Crippen LogP contribution in [0.25, 0.3) is 0 Å². The van der Waals surface area contributed by atoms with Crippen molar-refractivity contribution in [1.82, 2.24) is 5.32 Å². The summed E-state index contributed by atoms with van der Waals surface area (Å²) in [6, 6.07) is 8.98. The lowest BCUT2D eigenvalue weighted by Crippen LogP contribution is -2.59. The zero-order chi connectivity index (χ0) is 14.5. The van der Waals surface area contributed by atoms with Gasteiger partial charge in [0, 0.05) is 0 Å². The van der Waals surface area contributed by atoms with Gasteiger partial charge < -0.3 is 20.3 Å². The summed E-state index contributed by atoms with van der Waals surface area (Å²) in [6.07, 6.45) is -2.15. The lowest BCUT2D eigenvalue weighted by Gasteiger charge is -2.28. The van der Waals surface area contributed by atoms with E-state index in [4.69, 9.17) is 9.84 Å². The Morgan fingerprint density at radius 3 is 2.42 bits per heavy atom. The monoisotopic (exact) mass is 267 g/mol. The number of aliphatic carboxylic acids is 1. The highest BCUT2D eigenvalue weighted by molar-refractivity contribution is 5.84. The molecule has 0 saturated carbocycles. The average molecular weight is 267 g/mol. The number of amides is 1. The van der Waals surface area contributed by atoms with E-state index in [2.05, 4.69) is 5.32 Å². The summed E-state index contributed by atoms with van der Waals surface area (Å²) in [4.78, 5) is 22.6. The van der Waals surface area contributed by atoms with Crippen LogP contribution in [-0.4, -0.2) is 33.9 Å². The molecule has 0 aliphatic carbocycles. The van der Waals surface area contributed by atoms with Crippen LogP contribution in [0, 0.1) is 0 Å². The van der Waals surface area contributed by atoms with Crippen molar-refractivity contribution in [2.24, 2.45) is 0 Å². The summed E-state index contributed by atoms with van der Waals surface area (Å²) >= 11 is 0. The molecule has 0 saturated heterocycles. The summed E-state index contributed by atoms with van der Waals surface area (Å²) < 4.78 is 4.90. The van der Waals surface area contributed by atoms with Gasteiger partial charge in [-0.15, -0.1) is 0 Å². The molecule has 0 spiro atoms. The van der Waals surface area contributed by atoms with Crippen LogP contribution in [0.4, 0.5) is 4.79 Å². The Kier molecular flexibility index (Phi) is 4.88. The topological polar surface area (TPSA) is 95.9 Å². The second-order valence-electron chi connectivity index (χ2n) is 4.37. The fourth-order valence-corrected chi connectivity index (χ4v) is 1.31. The summed E-state index contributed by atoms with van der Waals surface area (Å²) in [7, 11) is 0. The van der Waals surface area contributed by atoms with Crippen LogP contribution in [0.3, 0.4) is 0 Å². The Bertz CT molecular complexity index is 446. The predicted molar refractivity (Wildman–Crippen MR) is 67.5 cm³/mol. The Hall–Kier alpha value is -2.08. The number of aliphatic hydroxyl groups excluding tert-OH is 1. The van der Waals surface area contributed by atoms with Crippen LogP contribution in [0.2, 0.25) is 0 Å². The third kappa shape index (κ3) is 3.96. The first-order chi connectivity index (χ1) is 8.86. The zero-order valence-electron chi connectivity index (χ0n) is 10.8. The molecule has 0 aliphatic rings. The first-order valence-electron chi connectivity index (χ1n) is 5.76. The fourth-order valence-electron chi connectivity index (χ4n) is 1.31. The van der Waals surface area contributed by atoms with E-state index in [9.17, 15) is 14.7 Å². The highest BCUT2D eigenvalue weighted by Gasteiger charge is 2.40. The quantitative estimate of drug-likeness (QED) is 0.743. The lowest BCUT2D eigenvalue weighted by atomic mass is 9.96. The van der Waals surface area contributed by atoms with E-state index in [0.717, 1.165) is 5.56 Å². The van der Waals surface area contributed by atoms with Gasteiger partial charge in [0.25, 0.3) is 0 Å². The van der Waals surface area contributed by atoms with Crippen molar-refractivity contribution in [3.05, 3.63) is 35.9 Å². The van der Waals surface area contributed by atoms with Crippen molar-refractivity contribution in [3.63, 3.8) is 0 Å². The van der Waals surface area contributed by atoms with E-state index in [1.807, 2.05) is 6.07 Å². The number of hydrogen-bond acceptors (Lipinski definition) is 4. The number of carboxylic acids is 1. The van der Waals surface area contributed by atoms with Crippen molar-refractivity contribution in [2.45, 2.75) is 32.1 Å². The summed E-state index contributed by atoms with van der Waals surface area (Å²) in [5, 5.41) is 20.6. The minimum atomic E-state index is -1.78. The van der Waals surface area contributed by atoms with Crippen molar-refractivity contribution in [1.29, 1.82) is 0 Å². The van der Waals surface area contributed by atoms with Crippen LogP contribution in [-0.2, 0) is 16.1 Å². The molecular weight excluding hydrogens is 250 g/mol. The van der Waals surface area contributed by atoms with Crippen molar-refractivity contribution >= 4 is 12.1 Å². The third-order valence-electron chi connectivity index (χ3n) is 2.85. The van der Waals surface area contributed by atoms with Gasteiger partial charge in [-0.2, -0.15) is 0 Å². The standard InChI is InChI=1S/C13H17NO5/c1-9(15)13(2,11(16)17)14-12(18)19-8-10-6-4-3-5-7-10/h3-7,9,15H,8H2,1-2H3,(H,14,18)(H,16,17)/t9-,13+/m1/s1. The predicted octanol–water partition coefficient (Wildman–Crippen LogP) is 1.14. The average Bonchev–Trinajstić information content (AvgIpc) is 2.37. The van der Waals surface area contributed by atoms with Crippen molar-refractivity contribution in [2.75, 3.05) is 0 Å². The van der Waals surface area contributed by atoms with E-state index < -0.39 is 23.7 Å². The maximum absolute atomic E-state index is 11.5. The van der Waals surface area contributed by atoms with Gasteiger partial charge in [0.05, 0.1) is 6.10 Å². The Morgan fingerprint density at radius 2 is 1.95 bits per heavy atom. The van der Waals surface area contributed by atoms with Gasteiger partial charge in [-0.1, -0.05) is 30.3 Å². The van der Waals surface area contributed by atoms with E-state index in [-0.39, 0.29) is 6.61 Å². The molecule has 1 aromatic rings. The van der Waals surface area contributed by atoms with Gasteiger partial charge in [0.15, 0.2) is 5.54 Å². The number of alkyl carbamates (subject to hydrolysis) is 1. The minimum Gasteiger partial charge on any atom is -0.479 e. The second kappa shape index (κ2) is 6.19. The molecule has 0 bridgehead atoms. The molecule has 6 nitrogen and oxygen atoms in total. The van der Waals surface area contributed by atoms with Crippen molar-refractivity contribution < 1.29 is 24.5 Å². The number of rotatable bonds is 5. The second-order valence-corrected chi connectivity index (χ2v) is 4.37. The first-order valence-corrected chi connectivity index (χ1v) is 5.76. The molecule has 2 atom stereocenters. The fraction of sp³-hybridized carbons (Fsp3) is 0.385. The molecule has 104 valence electrons. The van der Waals surface area contributed by atoms with Crippen LogP contribution < -0.4 is 5.32 Å². The van der Waals surface area contributed by atoms with Gasteiger partial charge in [0.2, 0.25) is 0 Å². The zero-order valence-corrected chi connectivity index (χ0v) is 10.8. The summed E-state index contributed by atoms with van der Waals surface area (Å²) in [5.41, 5.74) is -1.000. The Morgan fingerprint density at radius 1 is 1.37 bits per heavy atom. The van der Waals surface area contributed by atoms with Gasteiger partial charge in [0.1, 0.15) is 6.61 Å². The molecule has 0 aliphatic heterocycles. The molecule has 3 N–H and O–H groups in total. The normalized spacial score (nSPS) is 15.1. The van der Waals surface area contributed by atoms with Crippen molar-refractivity contribution in [3.8, 4) is 0 Å². The minimum absolute atomic E-state index is 0.0299. The molecule has 1 rings (SSSR count). The molecule has 0 unspecified atom stereocenters. The number of hydrogen-bond donors (Lipinski definition) is 3. The number of carboxylic acid groups (broad SMARTS) is 1. The smallest absolute Gasteiger partial charge is 0.408 e. The lowest BCUT2D eigenvalue weighted by molar-refractivity contribution is -0.148. The number of aliphatic hydroxyl groups is 1. The maximum atomic E-state index is 11.5. The summed E-state index contributed by atoms with van der Waals surface area (Å²) in [6.45, 7) is 2.53. The van der Waals surface area contributed by atoms with Crippen LogP contribution in [0.15, 0.2) is 30.3 Å². The Labute approximate surface area is 111 Å². The van der Waals surface area contributed by atoms with E-state index in [0.29, 0.717) is 0 Å². The van der Waals surface area contributed by atoms with E-state index >= 15 is 0 Å². The van der Waals surface area contributed by atoms with Gasteiger partial charge in [-0.05, 0) is 19.4 Å². The number of ether oxygens (including phenoxy) is 1. The van der Waals surface area contributed by atoms with Crippen LogP contribution in [0.1, 0.15) is 19.4 Å². The summed E-state index contributed by atoms with van der Waals surface area (Å²) in [5.74, 6) is -1.33. The highest BCUT2D eigenvalue weighted by Crippen LogP contribution is 2.11. The molecule has 19 heavy (non-hydrogen) atoms. The molecule has 6 heteroatoms. The molecule has 0 radical (unpaired) electrons. The van der Waals surface area contributed by atoms with E-state index in [1.165, 1.54) is 13.8 Å². The highest BCUT2D eigenvalue weighted by atomic mass is 16.5. The third-order valence-corrected chi connectivity index (χ3v) is 2.85. The number of benzene rings is 1. The van der Waals surface area contributed by atoms with Gasteiger partial charge in [-0.25, -0.2) is 9.59 Å². The van der Waals surface area contributed by atoms with Gasteiger partial charge >= 0.3 is 12.1 Å². The number of carbonyl (C=O) groups is 2. The van der Waals surface area contributed by atoms with Crippen LogP contribution in [0.5, 0.6) is 0 Å². The SMILES string of the molecule is C[C@@H](O)[C@](C)(NC(=O)OCc1ccccc1)C(=O)O. The Balaban J connectivity index is 2.57. The van der Waals surface area contributed by atoms with Gasteiger partial charge in [-0.3, -0.25) is 0 Å². The number of carbonyl (C=O) groups excluding carboxylic acids is 1. The molecular formula is C13H17NO5. The molecule has 1 amide bonds. The maximum Gasteiger partial charge on any atom is 0.408 e. The molecule has 0 aromatic heterocycles. The van der Waals surface area contributed by atoms with E-state index in [1.54, 1.807) is 24.3 Å². The number of nitrogens with one attached hydrogen (secondary N) is 1. The molecule has 0 heterocycles. The largest absolute Gasteiger partial charge is 0.479 e. The molecule has 1 aromatic carbocycles. The first kappa shape index (κ1) is 15.0.